The van der Waals surface area contributed by atoms with Gasteiger partial charge in [-0.3, -0.25) is 0 Å². The van der Waals surface area contributed by atoms with E-state index in [0.29, 0.717) is 11.6 Å². The zero-order valence-electron chi connectivity index (χ0n) is 10.3. The second-order valence-corrected chi connectivity index (χ2v) is 4.27. The maximum absolute atomic E-state index is 6.14. The fourth-order valence-electron chi connectivity index (χ4n) is 1.43. The van der Waals surface area contributed by atoms with Crippen LogP contribution in [0.3, 0.4) is 0 Å². The van der Waals surface area contributed by atoms with E-state index in [2.05, 4.69) is 18.8 Å². The van der Waals surface area contributed by atoms with E-state index < -0.39 is 0 Å². The summed E-state index contributed by atoms with van der Waals surface area (Å²) < 4.78 is 5.53. The maximum Gasteiger partial charge on any atom is 0.137 e. The molecule has 0 amide bonds. The quantitative estimate of drug-likeness (QED) is 0.562. The van der Waals surface area contributed by atoms with Crippen molar-refractivity contribution in [2.75, 3.05) is 13.2 Å². The van der Waals surface area contributed by atoms with Crippen molar-refractivity contribution >= 4 is 11.6 Å². The van der Waals surface area contributed by atoms with E-state index in [1.54, 1.807) is 0 Å². The van der Waals surface area contributed by atoms with Gasteiger partial charge in [-0.15, -0.1) is 6.58 Å². The number of benzene rings is 1. The summed E-state index contributed by atoms with van der Waals surface area (Å²) in [6, 6.07) is 5.92. The van der Waals surface area contributed by atoms with Gasteiger partial charge < -0.3 is 10.1 Å². The number of ether oxygens (including phenoxy) is 1. The van der Waals surface area contributed by atoms with Crippen LogP contribution in [0, 0.1) is 0 Å². The number of rotatable bonds is 8. The van der Waals surface area contributed by atoms with Crippen LogP contribution in [0.25, 0.3) is 0 Å². The smallest absolute Gasteiger partial charge is 0.137 e. The van der Waals surface area contributed by atoms with E-state index in [0.717, 1.165) is 31.7 Å². The molecule has 0 radical (unpaired) electrons. The minimum absolute atomic E-state index is 0.622. The molecule has 94 valence electrons. The fourth-order valence-corrected chi connectivity index (χ4v) is 1.69. The summed E-state index contributed by atoms with van der Waals surface area (Å²) in [6.07, 6.45) is 3.80. The van der Waals surface area contributed by atoms with Crippen LogP contribution in [0.15, 0.2) is 30.9 Å². The molecule has 0 atom stereocenters. The second-order valence-electron chi connectivity index (χ2n) is 3.87. The zero-order chi connectivity index (χ0) is 12.5. The Morgan fingerprint density at radius 1 is 1.47 bits per heavy atom. The van der Waals surface area contributed by atoms with Gasteiger partial charge in [0.1, 0.15) is 5.75 Å². The highest BCUT2D eigenvalue weighted by Gasteiger charge is 2.02. The van der Waals surface area contributed by atoms with Gasteiger partial charge in [-0.25, -0.2) is 0 Å². The van der Waals surface area contributed by atoms with Crippen molar-refractivity contribution in [2.45, 2.75) is 26.3 Å². The molecule has 1 aromatic rings. The molecule has 0 unspecified atom stereocenters. The van der Waals surface area contributed by atoms with Gasteiger partial charge in [0, 0.05) is 6.54 Å². The van der Waals surface area contributed by atoms with Crippen molar-refractivity contribution in [3.8, 4) is 5.75 Å². The van der Waals surface area contributed by atoms with E-state index in [-0.39, 0.29) is 0 Å². The zero-order valence-corrected chi connectivity index (χ0v) is 11.1. The molecule has 0 saturated carbocycles. The van der Waals surface area contributed by atoms with Crippen molar-refractivity contribution in [1.29, 1.82) is 0 Å². The molecule has 0 aliphatic carbocycles. The highest BCUT2D eigenvalue weighted by molar-refractivity contribution is 6.32. The van der Waals surface area contributed by atoms with Crippen LogP contribution in [0.1, 0.15) is 25.3 Å². The van der Waals surface area contributed by atoms with Gasteiger partial charge in [0.25, 0.3) is 0 Å². The molecule has 0 spiro atoms. The SMILES string of the molecule is C=CCCOc1ccc(CNCCC)cc1Cl. The Labute approximate surface area is 109 Å². The average Bonchev–Trinajstić information content (AvgIpc) is 2.32. The van der Waals surface area contributed by atoms with Gasteiger partial charge in [0.15, 0.2) is 0 Å². The Kier molecular flexibility index (Phi) is 6.75. The summed E-state index contributed by atoms with van der Waals surface area (Å²) in [5, 5.41) is 4.01. The fraction of sp³-hybridized carbons (Fsp3) is 0.429. The first-order valence-electron chi connectivity index (χ1n) is 6.00. The highest BCUT2D eigenvalue weighted by Crippen LogP contribution is 2.25. The molecule has 2 nitrogen and oxygen atoms in total. The predicted molar refractivity (Wildman–Crippen MR) is 73.8 cm³/mol. The van der Waals surface area contributed by atoms with E-state index in [1.165, 1.54) is 5.56 Å². The van der Waals surface area contributed by atoms with Crippen LogP contribution in [0.2, 0.25) is 5.02 Å². The first kappa shape index (κ1) is 14.1. The Balaban J connectivity index is 2.50. The molecule has 0 heterocycles. The van der Waals surface area contributed by atoms with Crippen molar-refractivity contribution in [3.63, 3.8) is 0 Å². The topological polar surface area (TPSA) is 21.3 Å². The molecule has 17 heavy (non-hydrogen) atoms. The molecule has 3 heteroatoms. The van der Waals surface area contributed by atoms with Crippen molar-refractivity contribution in [1.82, 2.24) is 5.32 Å². The van der Waals surface area contributed by atoms with Crippen molar-refractivity contribution in [2.24, 2.45) is 0 Å². The minimum Gasteiger partial charge on any atom is -0.492 e. The summed E-state index contributed by atoms with van der Waals surface area (Å²) in [7, 11) is 0. The summed E-state index contributed by atoms with van der Waals surface area (Å²) in [6.45, 7) is 8.29. The summed E-state index contributed by atoms with van der Waals surface area (Å²) in [4.78, 5) is 0. The lowest BCUT2D eigenvalue weighted by Gasteiger charge is -2.09. The Morgan fingerprint density at radius 3 is 2.94 bits per heavy atom. The van der Waals surface area contributed by atoms with E-state index in [9.17, 15) is 0 Å². The van der Waals surface area contributed by atoms with Gasteiger partial charge >= 0.3 is 0 Å². The van der Waals surface area contributed by atoms with Crippen LogP contribution >= 0.6 is 11.6 Å². The lowest BCUT2D eigenvalue weighted by Crippen LogP contribution is -2.13. The first-order valence-corrected chi connectivity index (χ1v) is 6.38. The monoisotopic (exact) mass is 253 g/mol. The van der Waals surface area contributed by atoms with Gasteiger partial charge in [-0.05, 0) is 37.1 Å². The van der Waals surface area contributed by atoms with Crippen molar-refractivity contribution in [3.05, 3.63) is 41.4 Å². The normalized spacial score (nSPS) is 10.2. The van der Waals surface area contributed by atoms with E-state index >= 15 is 0 Å². The number of halogens is 1. The average molecular weight is 254 g/mol. The van der Waals surface area contributed by atoms with Gasteiger partial charge in [-0.1, -0.05) is 30.7 Å². The highest BCUT2D eigenvalue weighted by atomic mass is 35.5. The third-order valence-corrected chi connectivity index (χ3v) is 2.63. The minimum atomic E-state index is 0.622. The Bertz CT molecular complexity index is 352. The van der Waals surface area contributed by atoms with Gasteiger partial charge in [0.05, 0.1) is 11.6 Å². The van der Waals surface area contributed by atoms with Crippen molar-refractivity contribution < 1.29 is 4.74 Å². The maximum atomic E-state index is 6.14. The van der Waals surface area contributed by atoms with Crippen LogP contribution in [-0.2, 0) is 6.54 Å². The molecule has 0 aliphatic rings. The number of hydrogen-bond donors (Lipinski definition) is 1. The van der Waals surface area contributed by atoms with E-state index in [4.69, 9.17) is 16.3 Å². The van der Waals surface area contributed by atoms with Crippen LogP contribution < -0.4 is 10.1 Å². The Morgan fingerprint density at radius 2 is 2.29 bits per heavy atom. The lowest BCUT2D eigenvalue weighted by molar-refractivity contribution is 0.325. The summed E-state index contributed by atoms with van der Waals surface area (Å²) in [5.74, 6) is 0.743. The summed E-state index contributed by atoms with van der Waals surface area (Å²) in [5.41, 5.74) is 1.18. The van der Waals surface area contributed by atoms with Gasteiger partial charge in [-0.2, -0.15) is 0 Å². The molecule has 0 saturated heterocycles. The number of hydrogen-bond acceptors (Lipinski definition) is 2. The largest absolute Gasteiger partial charge is 0.492 e. The summed E-state index contributed by atoms with van der Waals surface area (Å²) >= 11 is 6.14. The third kappa shape index (κ3) is 5.24. The molecular formula is C14H20ClNO. The number of nitrogens with one attached hydrogen (secondary N) is 1. The second kappa shape index (κ2) is 8.15. The molecule has 1 rings (SSSR count). The van der Waals surface area contributed by atoms with Crippen LogP contribution in [-0.4, -0.2) is 13.2 Å². The molecule has 0 aromatic heterocycles. The molecule has 0 fully saturated rings. The third-order valence-electron chi connectivity index (χ3n) is 2.33. The lowest BCUT2D eigenvalue weighted by atomic mass is 10.2. The Hall–Kier alpha value is -0.990. The molecular weight excluding hydrogens is 234 g/mol. The van der Waals surface area contributed by atoms with Crippen LogP contribution in [0.4, 0.5) is 0 Å². The standard InChI is InChI=1S/C14H20ClNO/c1-3-5-9-17-14-7-6-12(10-13(14)15)11-16-8-4-2/h3,6-7,10,16H,1,4-5,8-9,11H2,2H3. The molecule has 0 aliphatic heterocycles. The van der Waals surface area contributed by atoms with Gasteiger partial charge in [0.2, 0.25) is 0 Å². The van der Waals surface area contributed by atoms with Crippen LogP contribution in [0.5, 0.6) is 5.75 Å². The molecule has 0 bridgehead atoms. The molecule has 1 N–H and O–H groups in total. The van der Waals surface area contributed by atoms with E-state index in [1.807, 2.05) is 24.3 Å². The first-order chi connectivity index (χ1) is 8.27. The molecule has 1 aromatic carbocycles. The predicted octanol–water partition coefficient (Wildman–Crippen LogP) is 3.79.